The Hall–Kier alpha value is -0.770. The fraction of sp³-hybridized carbons (Fsp3) is 0.800. The van der Waals surface area contributed by atoms with Gasteiger partial charge in [-0.2, -0.15) is 0 Å². The number of urea groups is 1. The quantitative estimate of drug-likeness (QED) is 0.436. The second-order valence-electron chi connectivity index (χ2n) is 1.61. The molecule has 54 valence electrons. The van der Waals surface area contributed by atoms with Crippen molar-refractivity contribution in [2.24, 2.45) is 0 Å². The lowest BCUT2D eigenvalue weighted by molar-refractivity contribution is 0.243. The number of carbonyl (C=O) groups excluding carboxylic acids is 1. The molecule has 9 heavy (non-hydrogen) atoms. The molecule has 0 aliphatic carbocycles. The summed E-state index contributed by atoms with van der Waals surface area (Å²) >= 11 is 0. The lowest BCUT2D eigenvalue weighted by Crippen LogP contribution is -2.36. The van der Waals surface area contributed by atoms with Crippen LogP contribution in [0.25, 0.3) is 0 Å². The molecule has 2 amide bonds. The van der Waals surface area contributed by atoms with Crippen LogP contribution in [0.4, 0.5) is 4.79 Å². The van der Waals surface area contributed by atoms with Crippen LogP contribution < -0.4 is 16.0 Å². The van der Waals surface area contributed by atoms with Crippen LogP contribution in [-0.2, 0) is 0 Å². The van der Waals surface area contributed by atoms with Crippen LogP contribution in [-0.4, -0.2) is 33.2 Å². The van der Waals surface area contributed by atoms with Gasteiger partial charge in [0.25, 0.3) is 0 Å². The van der Waals surface area contributed by atoms with E-state index >= 15 is 0 Å². The highest BCUT2D eigenvalue weighted by Gasteiger charge is 1.90. The van der Waals surface area contributed by atoms with E-state index in [1.807, 2.05) is 7.05 Å². The largest absolute Gasteiger partial charge is 0.341 e. The van der Waals surface area contributed by atoms with Gasteiger partial charge in [0, 0.05) is 20.1 Å². The maximum absolute atomic E-state index is 10.4. The van der Waals surface area contributed by atoms with E-state index in [0.29, 0.717) is 6.54 Å². The van der Waals surface area contributed by atoms with E-state index in [0.717, 1.165) is 6.54 Å². The van der Waals surface area contributed by atoms with E-state index in [1.165, 1.54) is 0 Å². The zero-order valence-corrected chi connectivity index (χ0v) is 5.82. The van der Waals surface area contributed by atoms with Gasteiger partial charge in [-0.3, -0.25) is 0 Å². The van der Waals surface area contributed by atoms with Gasteiger partial charge in [0.1, 0.15) is 0 Å². The average molecular weight is 131 g/mol. The van der Waals surface area contributed by atoms with E-state index in [-0.39, 0.29) is 6.03 Å². The molecule has 0 aliphatic rings. The molecule has 0 aromatic heterocycles. The Kier molecular flexibility index (Phi) is 4.91. The number of rotatable bonds is 3. The van der Waals surface area contributed by atoms with Crippen LogP contribution in [0.3, 0.4) is 0 Å². The molecule has 4 heteroatoms. The number of hydrogen-bond donors (Lipinski definition) is 3. The van der Waals surface area contributed by atoms with Gasteiger partial charge in [-0.05, 0) is 7.05 Å². The summed E-state index contributed by atoms with van der Waals surface area (Å²) in [6.07, 6.45) is 0. The minimum atomic E-state index is -0.134. The minimum Gasteiger partial charge on any atom is -0.341 e. The molecule has 0 aliphatic heterocycles. The lowest BCUT2D eigenvalue weighted by atomic mass is 10.6. The van der Waals surface area contributed by atoms with Crippen molar-refractivity contribution in [2.45, 2.75) is 0 Å². The highest BCUT2D eigenvalue weighted by atomic mass is 16.2. The SMILES string of the molecule is CNCCNC(=O)NC. The number of likely N-dealkylation sites (N-methyl/N-ethyl adjacent to an activating group) is 1. The summed E-state index contributed by atoms with van der Waals surface area (Å²) in [7, 11) is 3.43. The Morgan fingerprint density at radius 1 is 1.33 bits per heavy atom. The lowest BCUT2D eigenvalue weighted by Gasteiger charge is -2.01. The average Bonchev–Trinajstić information content (AvgIpc) is 1.89. The van der Waals surface area contributed by atoms with E-state index in [2.05, 4.69) is 16.0 Å². The van der Waals surface area contributed by atoms with E-state index in [9.17, 15) is 4.79 Å². The fourth-order valence-corrected chi connectivity index (χ4v) is 0.389. The van der Waals surface area contributed by atoms with Crippen molar-refractivity contribution in [3.8, 4) is 0 Å². The van der Waals surface area contributed by atoms with Gasteiger partial charge >= 0.3 is 6.03 Å². The van der Waals surface area contributed by atoms with Gasteiger partial charge in [0.2, 0.25) is 0 Å². The molecule has 0 aromatic rings. The molecule has 0 rings (SSSR count). The molecular formula is C5H13N3O. The Balaban J connectivity index is 2.97. The van der Waals surface area contributed by atoms with E-state index in [4.69, 9.17) is 0 Å². The highest BCUT2D eigenvalue weighted by molar-refractivity contribution is 5.73. The third kappa shape index (κ3) is 5.10. The summed E-state index contributed by atoms with van der Waals surface area (Å²) in [6, 6.07) is -0.134. The molecule has 0 bridgehead atoms. The second kappa shape index (κ2) is 5.37. The molecule has 0 atom stereocenters. The molecule has 0 saturated carbocycles. The molecule has 4 nitrogen and oxygen atoms in total. The van der Waals surface area contributed by atoms with Crippen LogP contribution >= 0.6 is 0 Å². The monoisotopic (exact) mass is 131 g/mol. The van der Waals surface area contributed by atoms with Crippen LogP contribution in [0.2, 0.25) is 0 Å². The van der Waals surface area contributed by atoms with Gasteiger partial charge in [0.15, 0.2) is 0 Å². The van der Waals surface area contributed by atoms with Crippen LogP contribution in [0, 0.1) is 0 Å². The maximum atomic E-state index is 10.4. The molecule has 0 heterocycles. The predicted molar refractivity (Wildman–Crippen MR) is 36.4 cm³/mol. The summed E-state index contributed by atoms with van der Waals surface area (Å²) < 4.78 is 0. The summed E-state index contributed by atoms with van der Waals surface area (Å²) in [4.78, 5) is 10.4. The first-order valence-corrected chi connectivity index (χ1v) is 2.91. The maximum Gasteiger partial charge on any atom is 0.314 e. The normalized spacial score (nSPS) is 8.67. The molecule has 0 aromatic carbocycles. The van der Waals surface area contributed by atoms with Crippen LogP contribution in [0.5, 0.6) is 0 Å². The first-order chi connectivity index (χ1) is 4.31. The van der Waals surface area contributed by atoms with E-state index in [1.54, 1.807) is 7.05 Å². The minimum absolute atomic E-state index is 0.134. The van der Waals surface area contributed by atoms with Crippen LogP contribution in [0.1, 0.15) is 0 Å². The fourth-order valence-electron chi connectivity index (χ4n) is 0.389. The first-order valence-electron chi connectivity index (χ1n) is 2.91. The summed E-state index contributed by atoms with van der Waals surface area (Å²) in [5.41, 5.74) is 0. The number of amides is 2. The first kappa shape index (κ1) is 8.23. The van der Waals surface area contributed by atoms with Crippen molar-refractivity contribution in [3.05, 3.63) is 0 Å². The highest BCUT2D eigenvalue weighted by Crippen LogP contribution is 1.58. The van der Waals surface area contributed by atoms with Gasteiger partial charge < -0.3 is 16.0 Å². The summed E-state index contributed by atoms with van der Waals surface area (Å²) in [5.74, 6) is 0. The molecule has 0 saturated heterocycles. The van der Waals surface area contributed by atoms with Crippen molar-refractivity contribution in [1.82, 2.24) is 16.0 Å². The zero-order chi connectivity index (χ0) is 7.11. The topological polar surface area (TPSA) is 53.2 Å². The number of hydrogen-bond acceptors (Lipinski definition) is 2. The Bertz CT molecular complexity index is 84.3. The smallest absolute Gasteiger partial charge is 0.314 e. The number of carbonyl (C=O) groups is 1. The molecule has 0 spiro atoms. The van der Waals surface area contributed by atoms with Gasteiger partial charge in [0.05, 0.1) is 0 Å². The van der Waals surface area contributed by atoms with Crippen molar-refractivity contribution < 1.29 is 4.79 Å². The number of nitrogens with one attached hydrogen (secondary N) is 3. The van der Waals surface area contributed by atoms with Crippen molar-refractivity contribution in [2.75, 3.05) is 27.2 Å². The molecule has 3 N–H and O–H groups in total. The van der Waals surface area contributed by atoms with Gasteiger partial charge in [-0.25, -0.2) is 4.79 Å². The Morgan fingerprint density at radius 3 is 2.44 bits per heavy atom. The standard InChI is InChI=1S/C5H13N3O/c1-6-3-4-8-5(9)7-2/h6H,3-4H2,1-2H3,(H2,7,8,9). The molecule has 0 fully saturated rings. The Morgan fingerprint density at radius 2 is 2.00 bits per heavy atom. The van der Waals surface area contributed by atoms with Crippen LogP contribution in [0.15, 0.2) is 0 Å². The predicted octanol–water partition coefficient (Wildman–Crippen LogP) is -0.865. The van der Waals surface area contributed by atoms with Crippen molar-refractivity contribution in [1.29, 1.82) is 0 Å². The molecule has 0 unspecified atom stereocenters. The van der Waals surface area contributed by atoms with Gasteiger partial charge in [-0.1, -0.05) is 0 Å². The third-order valence-electron chi connectivity index (χ3n) is 0.888. The Labute approximate surface area is 55.0 Å². The summed E-state index contributed by atoms with van der Waals surface area (Å²) in [5, 5.41) is 7.97. The molecule has 0 radical (unpaired) electrons. The van der Waals surface area contributed by atoms with E-state index < -0.39 is 0 Å². The second-order valence-corrected chi connectivity index (χ2v) is 1.61. The van der Waals surface area contributed by atoms with Crippen molar-refractivity contribution in [3.63, 3.8) is 0 Å². The third-order valence-corrected chi connectivity index (χ3v) is 0.888. The summed E-state index contributed by atoms with van der Waals surface area (Å²) in [6.45, 7) is 1.46. The zero-order valence-electron chi connectivity index (χ0n) is 5.82. The van der Waals surface area contributed by atoms with Crippen molar-refractivity contribution >= 4 is 6.03 Å². The van der Waals surface area contributed by atoms with Gasteiger partial charge in [-0.15, -0.1) is 0 Å². The molecular weight excluding hydrogens is 118 g/mol.